The summed E-state index contributed by atoms with van der Waals surface area (Å²) in [6.45, 7) is 0.433. The number of ether oxygens (including phenoxy) is 1. The molecule has 0 aliphatic rings. The van der Waals surface area contributed by atoms with Crippen molar-refractivity contribution in [2.24, 2.45) is 0 Å². The van der Waals surface area contributed by atoms with E-state index in [1.54, 1.807) is 24.3 Å². The van der Waals surface area contributed by atoms with E-state index in [1.807, 2.05) is 11.9 Å². The van der Waals surface area contributed by atoms with Gasteiger partial charge in [-0.3, -0.25) is 0 Å². The van der Waals surface area contributed by atoms with Gasteiger partial charge in [0.2, 0.25) is 0 Å². The van der Waals surface area contributed by atoms with E-state index in [4.69, 9.17) is 5.73 Å². The number of rotatable bonds is 4. The zero-order valence-electron chi connectivity index (χ0n) is 13.2. The fourth-order valence-corrected chi connectivity index (χ4v) is 2.39. The van der Waals surface area contributed by atoms with Gasteiger partial charge in [0.25, 0.3) is 0 Å². The van der Waals surface area contributed by atoms with E-state index in [1.165, 1.54) is 18.5 Å². The zero-order valence-corrected chi connectivity index (χ0v) is 13.2. The minimum absolute atomic E-state index is 0.258. The Kier molecular flexibility index (Phi) is 4.30. The van der Waals surface area contributed by atoms with Crippen LogP contribution in [-0.4, -0.2) is 28.4 Å². The third-order valence-corrected chi connectivity index (χ3v) is 3.44. The Balaban J connectivity index is 1.79. The molecular formula is C16H14F3N5O. The highest BCUT2D eigenvalue weighted by molar-refractivity contribution is 5.87. The molecule has 2 aromatic heterocycles. The average molecular weight is 349 g/mol. The Labute approximate surface area is 141 Å². The lowest BCUT2D eigenvalue weighted by atomic mass is 10.2. The molecule has 0 aliphatic carbocycles. The molecule has 2 N–H and O–H groups in total. The van der Waals surface area contributed by atoms with Crippen molar-refractivity contribution in [3.8, 4) is 5.75 Å². The quantitative estimate of drug-likeness (QED) is 0.780. The van der Waals surface area contributed by atoms with Crippen LogP contribution in [0.3, 0.4) is 0 Å². The van der Waals surface area contributed by atoms with Crippen LogP contribution in [0.15, 0.2) is 42.7 Å². The third-order valence-electron chi connectivity index (χ3n) is 3.44. The molecule has 130 valence electrons. The van der Waals surface area contributed by atoms with Crippen molar-refractivity contribution in [1.29, 1.82) is 0 Å². The Morgan fingerprint density at radius 2 is 1.80 bits per heavy atom. The van der Waals surface area contributed by atoms with Crippen LogP contribution in [0.4, 0.5) is 24.8 Å². The summed E-state index contributed by atoms with van der Waals surface area (Å²) in [4.78, 5) is 14.3. The van der Waals surface area contributed by atoms with Crippen LogP contribution in [-0.2, 0) is 6.54 Å². The van der Waals surface area contributed by atoms with Crippen molar-refractivity contribution < 1.29 is 17.9 Å². The maximum atomic E-state index is 12.2. The highest BCUT2D eigenvalue weighted by Crippen LogP contribution is 2.25. The van der Waals surface area contributed by atoms with Crippen LogP contribution in [0.25, 0.3) is 11.0 Å². The lowest BCUT2D eigenvalue weighted by Crippen LogP contribution is -2.19. The minimum atomic E-state index is -4.70. The number of hydrogen-bond donors (Lipinski definition) is 1. The predicted octanol–water partition coefficient (Wildman–Crippen LogP) is 3.14. The number of halogens is 3. The summed E-state index contributed by atoms with van der Waals surface area (Å²) in [6, 6.07) is 9.12. The van der Waals surface area contributed by atoms with Crippen molar-refractivity contribution >= 4 is 22.7 Å². The van der Waals surface area contributed by atoms with Gasteiger partial charge >= 0.3 is 6.36 Å². The van der Waals surface area contributed by atoms with Crippen molar-refractivity contribution in [3.63, 3.8) is 0 Å². The van der Waals surface area contributed by atoms with Gasteiger partial charge in [-0.2, -0.15) is 0 Å². The number of anilines is 2. The fourth-order valence-electron chi connectivity index (χ4n) is 2.39. The molecule has 0 amide bonds. The number of alkyl halides is 3. The number of nitrogens with zero attached hydrogens (tertiary/aromatic N) is 4. The lowest BCUT2D eigenvalue weighted by Gasteiger charge is -2.19. The van der Waals surface area contributed by atoms with Crippen LogP contribution in [0.2, 0.25) is 0 Å². The minimum Gasteiger partial charge on any atom is -0.406 e. The Morgan fingerprint density at radius 1 is 1.08 bits per heavy atom. The molecule has 0 bridgehead atoms. The first-order chi connectivity index (χ1) is 11.8. The van der Waals surface area contributed by atoms with E-state index < -0.39 is 6.36 Å². The first kappa shape index (κ1) is 16.7. The van der Waals surface area contributed by atoms with E-state index >= 15 is 0 Å². The van der Waals surface area contributed by atoms with Gasteiger partial charge in [-0.25, -0.2) is 15.0 Å². The molecule has 0 saturated heterocycles. The van der Waals surface area contributed by atoms with E-state index in [9.17, 15) is 13.2 Å². The van der Waals surface area contributed by atoms with Crippen molar-refractivity contribution in [1.82, 2.24) is 15.0 Å². The summed E-state index contributed by atoms with van der Waals surface area (Å²) >= 11 is 0. The van der Waals surface area contributed by atoms with Crippen LogP contribution in [0, 0.1) is 0 Å². The van der Waals surface area contributed by atoms with Gasteiger partial charge in [0.05, 0.1) is 5.39 Å². The van der Waals surface area contributed by atoms with Gasteiger partial charge in [-0.15, -0.1) is 13.2 Å². The number of benzene rings is 1. The van der Waals surface area contributed by atoms with Gasteiger partial charge in [-0.1, -0.05) is 12.1 Å². The molecule has 2 heterocycles. The number of pyridine rings is 1. The second-order valence-corrected chi connectivity index (χ2v) is 5.35. The predicted molar refractivity (Wildman–Crippen MR) is 87.0 cm³/mol. The summed E-state index contributed by atoms with van der Waals surface area (Å²) < 4.78 is 40.4. The highest BCUT2D eigenvalue weighted by Gasteiger charge is 2.30. The topological polar surface area (TPSA) is 77.2 Å². The standard InChI is InChI=1S/C16H14F3N5O/c1-24(8-10-2-4-11(5-3-10)25-16(17,18)19)15-12-6-7-13(20)23-14(12)21-9-22-15/h2-7,9H,8H2,1H3,(H2,20,21,22,23). The molecule has 1 aromatic carbocycles. The van der Waals surface area contributed by atoms with E-state index in [0.29, 0.717) is 23.8 Å². The summed E-state index contributed by atoms with van der Waals surface area (Å²) in [5.41, 5.74) is 6.93. The average Bonchev–Trinajstić information content (AvgIpc) is 2.54. The maximum absolute atomic E-state index is 12.2. The maximum Gasteiger partial charge on any atom is 0.573 e. The van der Waals surface area contributed by atoms with Crippen LogP contribution >= 0.6 is 0 Å². The summed E-state index contributed by atoms with van der Waals surface area (Å²) in [5.74, 6) is 0.749. The molecular weight excluding hydrogens is 335 g/mol. The molecule has 0 radical (unpaired) electrons. The molecule has 0 unspecified atom stereocenters. The number of fused-ring (bicyclic) bond motifs is 1. The molecule has 0 atom stereocenters. The summed E-state index contributed by atoms with van der Waals surface area (Å²) in [6.07, 6.45) is -3.31. The second kappa shape index (κ2) is 6.42. The number of hydrogen-bond acceptors (Lipinski definition) is 6. The van der Waals surface area contributed by atoms with Crippen molar-refractivity contribution in [3.05, 3.63) is 48.3 Å². The second-order valence-electron chi connectivity index (χ2n) is 5.35. The summed E-state index contributed by atoms with van der Waals surface area (Å²) in [7, 11) is 1.82. The molecule has 0 saturated carbocycles. The molecule has 25 heavy (non-hydrogen) atoms. The van der Waals surface area contributed by atoms with Gasteiger partial charge in [0.15, 0.2) is 5.65 Å². The Hall–Kier alpha value is -3.10. The zero-order chi connectivity index (χ0) is 18.0. The molecule has 3 rings (SSSR count). The lowest BCUT2D eigenvalue weighted by molar-refractivity contribution is -0.274. The molecule has 3 aromatic rings. The smallest absolute Gasteiger partial charge is 0.406 e. The largest absolute Gasteiger partial charge is 0.573 e. The van der Waals surface area contributed by atoms with Gasteiger partial charge in [-0.05, 0) is 29.8 Å². The Bertz CT molecular complexity index is 883. The highest BCUT2D eigenvalue weighted by atomic mass is 19.4. The van der Waals surface area contributed by atoms with Crippen molar-refractivity contribution in [2.45, 2.75) is 12.9 Å². The van der Waals surface area contributed by atoms with Gasteiger partial charge in [0.1, 0.15) is 23.7 Å². The SMILES string of the molecule is CN(Cc1ccc(OC(F)(F)F)cc1)c1ncnc2nc(N)ccc12. The molecule has 9 heteroatoms. The first-order valence-electron chi connectivity index (χ1n) is 7.25. The third kappa shape index (κ3) is 4.06. The molecule has 0 fully saturated rings. The van der Waals surface area contributed by atoms with Crippen molar-refractivity contribution in [2.75, 3.05) is 17.7 Å². The van der Waals surface area contributed by atoms with E-state index in [0.717, 1.165) is 10.9 Å². The van der Waals surface area contributed by atoms with Crippen LogP contribution in [0.5, 0.6) is 5.75 Å². The number of aromatic nitrogens is 3. The van der Waals surface area contributed by atoms with E-state index in [-0.39, 0.29) is 5.75 Å². The Morgan fingerprint density at radius 3 is 2.48 bits per heavy atom. The monoisotopic (exact) mass is 349 g/mol. The fraction of sp³-hybridized carbons (Fsp3) is 0.188. The molecule has 0 aliphatic heterocycles. The van der Waals surface area contributed by atoms with E-state index in [2.05, 4.69) is 19.7 Å². The normalized spacial score (nSPS) is 11.5. The van der Waals surface area contributed by atoms with Gasteiger partial charge < -0.3 is 15.4 Å². The van der Waals surface area contributed by atoms with Gasteiger partial charge in [0, 0.05) is 13.6 Å². The molecule has 6 nitrogen and oxygen atoms in total. The molecule has 0 spiro atoms. The van der Waals surface area contributed by atoms with Crippen LogP contribution in [0.1, 0.15) is 5.56 Å². The van der Waals surface area contributed by atoms with Crippen LogP contribution < -0.4 is 15.4 Å². The first-order valence-corrected chi connectivity index (χ1v) is 7.25. The number of nitrogen functional groups attached to an aromatic ring is 1. The number of nitrogens with two attached hydrogens (primary N) is 1. The summed E-state index contributed by atoms with van der Waals surface area (Å²) in [5, 5.41) is 0.733.